The van der Waals surface area contributed by atoms with Crippen LogP contribution in [0.1, 0.15) is 0 Å². The van der Waals surface area contributed by atoms with Gasteiger partial charge in [-0.15, -0.1) is 0 Å². The second kappa shape index (κ2) is 5740. The van der Waals surface area contributed by atoms with Gasteiger partial charge in [-0.25, -0.2) is 0 Å². The Bertz CT molecular complexity index is 33.5. The summed E-state index contributed by atoms with van der Waals surface area (Å²) in [6.45, 7) is 0. The second-order valence-electron chi connectivity index (χ2n) is 0.0745. The molecule has 0 atom stereocenters. The summed E-state index contributed by atoms with van der Waals surface area (Å²) in [6.07, 6.45) is 0. The summed E-state index contributed by atoms with van der Waals surface area (Å²) in [7, 11) is -1.08. The van der Waals surface area contributed by atoms with Crippen LogP contribution < -0.4 is 0 Å². The molecular formula is H9F9O2P. The van der Waals surface area contributed by atoms with Gasteiger partial charge in [-0.1, -0.05) is 0 Å². The van der Waals surface area contributed by atoms with Crippen molar-refractivity contribution in [3.8, 4) is 0 Å². The number of rotatable bonds is 0. The van der Waals surface area contributed by atoms with Crippen LogP contribution in [-0.2, 0) is 9.13 Å². The Morgan fingerprint density at radius 1 is 0.417 bits per heavy atom. The Morgan fingerprint density at radius 2 is 0.417 bits per heavy atom. The van der Waals surface area contributed by atoms with E-state index < -0.39 is 8.34 Å². The van der Waals surface area contributed by atoms with Crippen molar-refractivity contribution in [2.75, 3.05) is 0 Å². The van der Waals surface area contributed by atoms with E-state index in [1.165, 1.54) is 0 Å². The molecule has 0 spiro atoms. The van der Waals surface area contributed by atoms with E-state index in [4.69, 9.17) is 9.13 Å². The molecule has 0 saturated carbocycles. The molecule has 0 fully saturated rings. The zero-order chi connectivity index (χ0) is 2.71. The summed E-state index contributed by atoms with van der Waals surface area (Å²) in [6, 6.07) is 0. The quantitative estimate of drug-likeness (QED) is 0.481. The van der Waals surface area contributed by atoms with Crippen LogP contribution in [0.15, 0.2) is 0 Å². The van der Waals surface area contributed by atoms with E-state index in [1.54, 1.807) is 0 Å². The van der Waals surface area contributed by atoms with Crippen LogP contribution in [0.2, 0.25) is 0 Å². The summed E-state index contributed by atoms with van der Waals surface area (Å²) in [4.78, 5) is 0. The van der Waals surface area contributed by atoms with E-state index in [9.17, 15) is 0 Å². The van der Waals surface area contributed by atoms with E-state index in [2.05, 4.69) is 0 Å². The average Bonchev–Trinajstić information content (AvgIpc) is 0.918. The topological polar surface area (TPSA) is 34.1 Å². The standard InChI is InChI=1S/9FH.O2P/c;;;;;;;;;1-3-2/h9*1H;. The van der Waals surface area contributed by atoms with Crippen LogP contribution >= 0.6 is 8.34 Å². The minimum absolute atomic E-state index is 0. The first-order valence-electron chi connectivity index (χ1n) is 0.365. The van der Waals surface area contributed by atoms with E-state index >= 15 is 0 Å². The van der Waals surface area contributed by atoms with Crippen LogP contribution in [0, 0.1) is 0 Å². The molecule has 0 amide bonds. The molecule has 1 radical (unpaired) electrons. The molecule has 0 saturated heterocycles. The van der Waals surface area contributed by atoms with Crippen LogP contribution in [0.3, 0.4) is 0 Å². The monoisotopic (exact) mass is 243 g/mol. The van der Waals surface area contributed by atoms with Crippen molar-refractivity contribution in [1.82, 2.24) is 0 Å². The van der Waals surface area contributed by atoms with Gasteiger partial charge in [0.25, 0.3) is 0 Å². The fourth-order valence-corrected chi connectivity index (χ4v) is 0. The number of hydrogen-bond donors (Lipinski definition) is 0. The van der Waals surface area contributed by atoms with Crippen LogP contribution in [0.25, 0.3) is 0 Å². The van der Waals surface area contributed by atoms with Crippen molar-refractivity contribution in [3.63, 3.8) is 0 Å². The summed E-state index contributed by atoms with van der Waals surface area (Å²) in [5.74, 6) is 0. The Hall–Kier alpha value is -0.600. The molecule has 0 aliphatic heterocycles. The third-order valence-electron chi connectivity index (χ3n) is 0. The van der Waals surface area contributed by atoms with Crippen molar-refractivity contribution >= 4 is 8.34 Å². The Balaban J connectivity index is -0.000000000556. The van der Waals surface area contributed by atoms with Gasteiger partial charge >= 0.3 is 17.5 Å². The summed E-state index contributed by atoms with van der Waals surface area (Å²) in [5.41, 5.74) is 0. The Kier molecular flexibility index (Phi) is 301000. The Labute approximate surface area is 61.3 Å². The van der Waals surface area contributed by atoms with Gasteiger partial charge in [-0.2, -0.15) is 0 Å². The maximum absolute atomic E-state index is 8.35. The molecule has 0 aromatic rings. The molecule has 12 heavy (non-hydrogen) atoms. The molecule has 0 bridgehead atoms. The van der Waals surface area contributed by atoms with Gasteiger partial charge in [0.2, 0.25) is 0 Å². The zero-order valence-electron chi connectivity index (χ0n) is 4.94. The predicted molar refractivity (Wildman–Crippen MR) is 30.8 cm³/mol. The fraction of sp³-hybridized carbons (Fsp3) is 0. The first-order chi connectivity index (χ1) is 1.41. The van der Waals surface area contributed by atoms with Gasteiger partial charge in [0.1, 0.15) is 0 Å². The normalized spacial score (nSPS) is 0.667. The van der Waals surface area contributed by atoms with Crippen molar-refractivity contribution < 1.29 is 51.5 Å². The molecule has 0 aromatic heterocycles. The van der Waals surface area contributed by atoms with E-state index in [0.717, 1.165) is 0 Å². The maximum atomic E-state index is 8.35. The molecular weight excluding hydrogens is 234 g/mol. The van der Waals surface area contributed by atoms with Crippen molar-refractivity contribution in [2.45, 2.75) is 0 Å². The molecule has 0 N–H and O–H groups in total. The number of hydrogen-bond acceptors (Lipinski definition) is 2. The molecule has 0 heterocycles. The first-order valence-corrected chi connectivity index (χ1v) is 1.10. The van der Waals surface area contributed by atoms with Gasteiger partial charge in [0, 0.05) is 0 Å². The third-order valence-corrected chi connectivity index (χ3v) is 0. The summed E-state index contributed by atoms with van der Waals surface area (Å²) >= 11 is 0. The fourth-order valence-electron chi connectivity index (χ4n) is 0. The van der Waals surface area contributed by atoms with Crippen LogP contribution in [-0.4, -0.2) is 0 Å². The molecule has 0 unspecified atom stereocenters. The third kappa shape index (κ3) is 1840. The number of halogens is 9. The zero-order valence-corrected chi connectivity index (χ0v) is 5.83. The molecule has 12 heteroatoms. The molecule has 0 aliphatic carbocycles. The molecule has 2 nitrogen and oxygen atoms in total. The van der Waals surface area contributed by atoms with Gasteiger partial charge in [0.05, 0.1) is 0 Å². The van der Waals surface area contributed by atoms with Crippen molar-refractivity contribution in [2.24, 2.45) is 0 Å². The van der Waals surface area contributed by atoms with Gasteiger partial charge in [-0.3, -0.25) is 42.3 Å². The Morgan fingerprint density at radius 3 is 0.417 bits per heavy atom. The van der Waals surface area contributed by atoms with E-state index in [1.807, 2.05) is 0 Å². The van der Waals surface area contributed by atoms with E-state index in [-0.39, 0.29) is 42.3 Å². The van der Waals surface area contributed by atoms with E-state index in [0.29, 0.717) is 0 Å². The van der Waals surface area contributed by atoms with Crippen molar-refractivity contribution in [1.29, 1.82) is 0 Å². The molecule has 89 valence electrons. The summed E-state index contributed by atoms with van der Waals surface area (Å²) < 4.78 is 16.7. The van der Waals surface area contributed by atoms with Crippen LogP contribution in [0.4, 0.5) is 42.3 Å². The van der Waals surface area contributed by atoms with Gasteiger partial charge in [-0.05, 0) is 0 Å². The average molecular weight is 243 g/mol. The minimum atomic E-state index is -1.08. The predicted octanol–water partition coefficient (Wildman–Crippen LogP) is 2.00. The molecule has 0 rings (SSSR count). The molecule has 0 aliphatic rings. The van der Waals surface area contributed by atoms with Crippen molar-refractivity contribution in [3.05, 3.63) is 0 Å². The van der Waals surface area contributed by atoms with Gasteiger partial charge in [0.15, 0.2) is 0 Å². The SMILES string of the molecule is F.F.F.F.F.F.F.F.F.O=[P]=O. The first kappa shape index (κ1) is 629. The van der Waals surface area contributed by atoms with Gasteiger partial charge < -0.3 is 0 Å². The van der Waals surface area contributed by atoms with Crippen LogP contribution in [0.5, 0.6) is 0 Å². The second-order valence-corrected chi connectivity index (χ2v) is 0.224. The summed E-state index contributed by atoms with van der Waals surface area (Å²) in [5, 5.41) is 0. The molecule has 0 aromatic carbocycles.